The number of pyridine rings is 2. The summed E-state index contributed by atoms with van der Waals surface area (Å²) in [5.74, 6) is 0.235. The number of fused-ring (bicyclic) bond motifs is 6. The molecule has 1 aliphatic carbocycles. The first-order valence-electron chi connectivity index (χ1n) is 15.5. The van der Waals surface area contributed by atoms with Crippen LogP contribution in [0.25, 0.3) is 33.1 Å². The molecule has 5 heterocycles. The Balaban J connectivity index is 1.13. The van der Waals surface area contributed by atoms with Crippen LogP contribution in [0.5, 0.6) is 0 Å². The van der Waals surface area contributed by atoms with E-state index in [1.54, 1.807) is 0 Å². The number of nitrogens with zero attached hydrogens (tertiary/aromatic N) is 4. The van der Waals surface area contributed by atoms with E-state index in [0.717, 1.165) is 12.1 Å². The van der Waals surface area contributed by atoms with E-state index >= 15 is 0 Å². The van der Waals surface area contributed by atoms with Crippen molar-refractivity contribution in [3.05, 3.63) is 168 Å². The maximum Gasteiger partial charge on any atom is 0.0698 e. The first-order valence-corrected chi connectivity index (χ1v) is 15.5. The minimum atomic E-state index is 0.162. The Kier molecular flexibility index (Phi) is 5.85. The summed E-state index contributed by atoms with van der Waals surface area (Å²) in [6, 6.07) is 30.8. The number of dihydropyridines is 1. The molecule has 0 fully saturated rings. The van der Waals surface area contributed by atoms with Gasteiger partial charge in [0, 0.05) is 69.8 Å². The topological polar surface area (TPSA) is 46.0 Å². The average Bonchev–Trinajstić information content (AvgIpc) is 3.61. The molecule has 0 saturated heterocycles. The molecule has 1 N–H and O–H groups in total. The van der Waals surface area contributed by atoms with Crippen molar-refractivity contribution in [1.82, 2.24) is 19.9 Å². The van der Waals surface area contributed by atoms with E-state index in [-0.39, 0.29) is 12.0 Å². The number of hydrogen-bond acceptors (Lipinski definition) is 4. The summed E-state index contributed by atoms with van der Waals surface area (Å²) in [7, 11) is 0. The van der Waals surface area contributed by atoms with E-state index < -0.39 is 0 Å². The van der Waals surface area contributed by atoms with Gasteiger partial charge in [0.2, 0.25) is 0 Å². The van der Waals surface area contributed by atoms with Crippen molar-refractivity contribution in [2.75, 3.05) is 4.90 Å². The van der Waals surface area contributed by atoms with Gasteiger partial charge in [-0.25, -0.2) is 0 Å². The van der Waals surface area contributed by atoms with Crippen molar-refractivity contribution in [2.45, 2.75) is 25.3 Å². The van der Waals surface area contributed by atoms with Gasteiger partial charge < -0.3 is 14.8 Å². The number of nitrogens with one attached hydrogen (secondary N) is 1. The number of allylic oxidation sites excluding steroid dienone is 7. The van der Waals surface area contributed by atoms with Crippen LogP contribution < -0.4 is 10.2 Å². The second-order valence-corrected chi connectivity index (χ2v) is 12.1. The Labute approximate surface area is 262 Å². The molecule has 0 saturated carbocycles. The average molecular weight is 582 g/mol. The van der Waals surface area contributed by atoms with E-state index in [1.807, 2.05) is 18.6 Å². The van der Waals surface area contributed by atoms with Gasteiger partial charge in [0.1, 0.15) is 0 Å². The first kappa shape index (κ1) is 25.8. The molecule has 2 aliphatic heterocycles. The standard InChI is InChI=1S/C40H31N5/c1-26-7-5-12-36(43-26)29-8-6-11-31(21-29)45-38-16-14-28(23-33(38)35-25-42-20-18-40(35)45)27-13-15-37-32(22-27)34-24-41-19-17-39(34)44(37)30-9-3-2-4-10-30/h2-22,24-25,33,36,43H,23H2,1H3. The van der Waals surface area contributed by atoms with Gasteiger partial charge in [0.05, 0.1) is 22.8 Å². The van der Waals surface area contributed by atoms with Crippen molar-refractivity contribution in [3.63, 3.8) is 0 Å². The maximum atomic E-state index is 4.57. The smallest absolute Gasteiger partial charge is 0.0698 e. The van der Waals surface area contributed by atoms with E-state index in [1.165, 1.54) is 66.8 Å². The number of hydrogen-bond donors (Lipinski definition) is 1. The lowest BCUT2D eigenvalue weighted by Gasteiger charge is -2.28. The molecule has 5 heteroatoms. The quantitative estimate of drug-likeness (QED) is 0.225. The van der Waals surface area contributed by atoms with E-state index in [0.29, 0.717) is 0 Å². The van der Waals surface area contributed by atoms with E-state index in [9.17, 15) is 0 Å². The summed E-state index contributed by atoms with van der Waals surface area (Å²) in [5.41, 5.74) is 13.5. The predicted molar refractivity (Wildman–Crippen MR) is 184 cm³/mol. The summed E-state index contributed by atoms with van der Waals surface area (Å²) in [4.78, 5) is 11.5. The fourth-order valence-electron chi connectivity index (χ4n) is 7.33. The Morgan fingerprint density at radius 3 is 2.51 bits per heavy atom. The minimum Gasteiger partial charge on any atom is -0.378 e. The van der Waals surface area contributed by atoms with Gasteiger partial charge in [-0.2, -0.15) is 0 Å². The van der Waals surface area contributed by atoms with E-state index in [4.69, 9.17) is 0 Å². The highest BCUT2D eigenvalue weighted by atomic mass is 15.2. The van der Waals surface area contributed by atoms with Crippen molar-refractivity contribution in [2.24, 2.45) is 0 Å². The number of anilines is 2. The van der Waals surface area contributed by atoms with Gasteiger partial charge in [0.25, 0.3) is 0 Å². The molecule has 3 aliphatic rings. The highest BCUT2D eigenvalue weighted by Gasteiger charge is 2.37. The van der Waals surface area contributed by atoms with Gasteiger partial charge in [0.15, 0.2) is 0 Å². The maximum absolute atomic E-state index is 4.57. The zero-order valence-corrected chi connectivity index (χ0v) is 24.9. The predicted octanol–water partition coefficient (Wildman–Crippen LogP) is 9.28. The van der Waals surface area contributed by atoms with Gasteiger partial charge in [-0.05, 0) is 90.7 Å². The highest BCUT2D eigenvalue weighted by Crippen LogP contribution is 2.52. The lowest BCUT2D eigenvalue weighted by atomic mass is 9.85. The molecular weight excluding hydrogens is 550 g/mol. The summed E-state index contributed by atoms with van der Waals surface area (Å²) >= 11 is 0. The van der Waals surface area contributed by atoms with Gasteiger partial charge in [-0.1, -0.05) is 54.6 Å². The van der Waals surface area contributed by atoms with Crippen molar-refractivity contribution in [3.8, 4) is 5.69 Å². The van der Waals surface area contributed by atoms with Gasteiger partial charge >= 0.3 is 0 Å². The molecule has 45 heavy (non-hydrogen) atoms. The number of aromatic nitrogens is 3. The molecule has 0 amide bonds. The third-order valence-corrected chi connectivity index (χ3v) is 9.41. The Hall–Kier alpha value is -5.68. The van der Waals surface area contributed by atoms with Gasteiger partial charge in [-0.15, -0.1) is 0 Å². The molecule has 216 valence electrons. The summed E-state index contributed by atoms with van der Waals surface area (Å²) in [5, 5.41) is 5.99. The fourth-order valence-corrected chi connectivity index (χ4v) is 7.33. The van der Waals surface area contributed by atoms with Crippen LogP contribution in [0.3, 0.4) is 0 Å². The molecule has 2 atom stereocenters. The largest absolute Gasteiger partial charge is 0.378 e. The Bertz CT molecular complexity index is 2250. The third kappa shape index (κ3) is 4.15. The summed E-state index contributed by atoms with van der Waals surface area (Å²) < 4.78 is 2.34. The zero-order valence-electron chi connectivity index (χ0n) is 24.9. The number of rotatable bonds is 4. The highest BCUT2D eigenvalue weighted by molar-refractivity contribution is 6.09. The minimum absolute atomic E-state index is 0.162. The van der Waals surface area contributed by atoms with Crippen LogP contribution in [0.15, 0.2) is 151 Å². The molecule has 0 radical (unpaired) electrons. The van der Waals surface area contributed by atoms with Crippen LogP contribution in [-0.4, -0.2) is 14.5 Å². The monoisotopic (exact) mass is 581 g/mol. The molecular formula is C40H31N5. The number of para-hydroxylation sites is 1. The van der Waals surface area contributed by atoms with Crippen molar-refractivity contribution >= 4 is 38.8 Å². The van der Waals surface area contributed by atoms with Crippen LogP contribution >= 0.6 is 0 Å². The molecule has 0 bridgehead atoms. The van der Waals surface area contributed by atoms with Crippen LogP contribution in [0, 0.1) is 0 Å². The van der Waals surface area contributed by atoms with Crippen molar-refractivity contribution < 1.29 is 0 Å². The third-order valence-electron chi connectivity index (χ3n) is 9.41. The number of benzene rings is 3. The Morgan fingerprint density at radius 2 is 1.60 bits per heavy atom. The molecule has 9 rings (SSSR count). The second kappa shape index (κ2) is 10.2. The lowest BCUT2D eigenvalue weighted by molar-refractivity contribution is 0.704. The van der Waals surface area contributed by atoms with Crippen molar-refractivity contribution in [1.29, 1.82) is 0 Å². The second-order valence-electron chi connectivity index (χ2n) is 12.1. The molecule has 6 aromatic rings. The summed E-state index contributed by atoms with van der Waals surface area (Å²) in [6.45, 7) is 2.11. The Morgan fingerprint density at radius 1 is 0.756 bits per heavy atom. The molecule has 3 aromatic heterocycles. The zero-order chi connectivity index (χ0) is 29.9. The van der Waals surface area contributed by atoms with Crippen LogP contribution in [-0.2, 0) is 0 Å². The molecule has 3 aromatic carbocycles. The van der Waals surface area contributed by atoms with Crippen LogP contribution in [0.4, 0.5) is 11.4 Å². The van der Waals surface area contributed by atoms with E-state index in [2.05, 4.69) is 153 Å². The SMILES string of the molecule is CC1=CC=CC(c2cccc(N3C4=CC=C(c5ccc6c(c5)c5cnccc5n6-c5ccccc5)CC4c4cnccc43)c2)N1. The molecule has 2 unspecified atom stereocenters. The summed E-state index contributed by atoms with van der Waals surface area (Å²) in [6.07, 6.45) is 19.9. The lowest BCUT2D eigenvalue weighted by Crippen LogP contribution is -2.20. The van der Waals surface area contributed by atoms with Gasteiger partial charge in [-0.3, -0.25) is 9.97 Å². The molecule has 5 nitrogen and oxygen atoms in total. The van der Waals surface area contributed by atoms with Crippen LogP contribution in [0.1, 0.15) is 42.0 Å². The van der Waals surface area contributed by atoms with Crippen LogP contribution in [0.2, 0.25) is 0 Å². The fraction of sp³-hybridized carbons (Fsp3) is 0.100. The molecule has 0 spiro atoms. The normalized spacial score (nSPS) is 18.7. The first-order chi connectivity index (χ1) is 22.2.